The van der Waals surface area contributed by atoms with Crippen LogP contribution in [0.3, 0.4) is 0 Å². The van der Waals surface area contributed by atoms with E-state index in [1.54, 1.807) is 12.4 Å². The number of nitrogen functional groups attached to an aromatic ring is 1. The average molecular weight is 293 g/mol. The molecule has 0 radical (unpaired) electrons. The molecule has 0 aromatic carbocycles. The van der Waals surface area contributed by atoms with Crippen LogP contribution in [-0.2, 0) is 9.47 Å². The highest BCUT2D eigenvalue weighted by molar-refractivity contribution is 5.66. The van der Waals surface area contributed by atoms with Gasteiger partial charge in [-0.15, -0.1) is 0 Å². The Labute approximate surface area is 124 Å². The second-order valence-corrected chi connectivity index (χ2v) is 4.53. The lowest BCUT2D eigenvalue weighted by molar-refractivity contribution is 0.141. The number of hydrogen-bond donors (Lipinski definition) is 1. The number of anilines is 2. The molecule has 7 nitrogen and oxygen atoms in total. The number of ether oxygens (including phenoxy) is 2. The van der Waals surface area contributed by atoms with Gasteiger partial charge in [0.15, 0.2) is 11.5 Å². The van der Waals surface area contributed by atoms with E-state index in [0.29, 0.717) is 32.2 Å². The Morgan fingerprint density at radius 2 is 1.86 bits per heavy atom. The van der Waals surface area contributed by atoms with Crippen LogP contribution in [0.15, 0.2) is 18.6 Å². The van der Waals surface area contributed by atoms with Gasteiger partial charge < -0.3 is 24.5 Å². The van der Waals surface area contributed by atoms with E-state index in [4.69, 9.17) is 15.2 Å². The zero-order valence-corrected chi connectivity index (χ0v) is 12.7. The molecule has 0 unspecified atom stereocenters. The molecule has 0 saturated heterocycles. The Kier molecular flexibility index (Phi) is 5.77. The number of rotatable bonds is 9. The van der Waals surface area contributed by atoms with Crippen LogP contribution in [0.25, 0.3) is 5.65 Å². The molecule has 0 amide bonds. The summed E-state index contributed by atoms with van der Waals surface area (Å²) in [7, 11) is 0. The monoisotopic (exact) mass is 293 g/mol. The van der Waals surface area contributed by atoms with E-state index in [-0.39, 0.29) is 0 Å². The number of hydrogen-bond acceptors (Lipinski definition) is 6. The van der Waals surface area contributed by atoms with Gasteiger partial charge in [-0.3, -0.25) is 0 Å². The molecule has 0 aliphatic rings. The van der Waals surface area contributed by atoms with Crippen LogP contribution < -0.4 is 10.6 Å². The van der Waals surface area contributed by atoms with Gasteiger partial charge in [0.1, 0.15) is 5.82 Å². The molecule has 2 N–H and O–H groups in total. The van der Waals surface area contributed by atoms with Gasteiger partial charge in [-0.1, -0.05) is 0 Å². The van der Waals surface area contributed by atoms with Gasteiger partial charge in [-0.2, -0.15) is 0 Å². The molecule has 0 aliphatic heterocycles. The molecular formula is C14H23N5O2. The van der Waals surface area contributed by atoms with Crippen LogP contribution in [0.2, 0.25) is 0 Å². The maximum atomic E-state index is 5.88. The zero-order chi connectivity index (χ0) is 15.1. The fourth-order valence-corrected chi connectivity index (χ4v) is 2.11. The van der Waals surface area contributed by atoms with Gasteiger partial charge in [0.2, 0.25) is 0 Å². The van der Waals surface area contributed by atoms with Crippen molar-refractivity contribution >= 4 is 17.3 Å². The molecule has 2 heterocycles. The molecular weight excluding hydrogens is 270 g/mol. The maximum Gasteiger partial charge on any atom is 0.180 e. The van der Waals surface area contributed by atoms with Gasteiger partial charge in [-0.25, -0.2) is 9.97 Å². The molecule has 0 fully saturated rings. The van der Waals surface area contributed by atoms with Crippen LogP contribution in [-0.4, -0.2) is 53.9 Å². The fraction of sp³-hybridized carbons (Fsp3) is 0.571. The van der Waals surface area contributed by atoms with Crippen molar-refractivity contribution in [2.75, 3.05) is 50.2 Å². The van der Waals surface area contributed by atoms with Crippen molar-refractivity contribution in [2.24, 2.45) is 0 Å². The summed E-state index contributed by atoms with van der Waals surface area (Å²) in [6.07, 6.45) is 5.36. The Hall–Kier alpha value is -1.86. The normalized spacial score (nSPS) is 11.1. The summed E-state index contributed by atoms with van der Waals surface area (Å²) in [5, 5.41) is 0. The van der Waals surface area contributed by atoms with Gasteiger partial charge in [0.25, 0.3) is 0 Å². The van der Waals surface area contributed by atoms with Crippen molar-refractivity contribution in [1.29, 1.82) is 0 Å². The van der Waals surface area contributed by atoms with E-state index in [0.717, 1.165) is 24.6 Å². The summed E-state index contributed by atoms with van der Waals surface area (Å²) in [6.45, 7) is 8.06. The van der Waals surface area contributed by atoms with Crippen molar-refractivity contribution < 1.29 is 9.47 Å². The molecule has 0 aliphatic carbocycles. The Balaban J connectivity index is 2.21. The summed E-state index contributed by atoms with van der Waals surface area (Å²) < 4.78 is 12.8. The summed E-state index contributed by atoms with van der Waals surface area (Å²) in [4.78, 5) is 10.9. The quantitative estimate of drug-likeness (QED) is 0.700. The summed E-state index contributed by atoms with van der Waals surface area (Å²) in [6, 6.07) is 0. The average Bonchev–Trinajstić information content (AvgIpc) is 2.93. The largest absolute Gasteiger partial charge is 0.382 e. The highest BCUT2D eigenvalue weighted by Gasteiger charge is 2.14. The van der Waals surface area contributed by atoms with Gasteiger partial charge in [0.05, 0.1) is 19.4 Å². The zero-order valence-electron chi connectivity index (χ0n) is 12.7. The van der Waals surface area contributed by atoms with Crippen LogP contribution >= 0.6 is 0 Å². The molecule has 0 atom stereocenters. The minimum absolute atomic E-state index is 0.466. The van der Waals surface area contributed by atoms with Crippen LogP contribution in [0.1, 0.15) is 13.8 Å². The molecule has 0 saturated carbocycles. The molecule has 0 spiro atoms. The first-order valence-corrected chi connectivity index (χ1v) is 7.25. The number of imidazole rings is 1. The third kappa shape index (κ3) is 4.05. The van der Waals surface area contributed by atoms with E-state index >= 15 is 0 Å². The molecule has 7 heteroatoms. The number of nitrogens with two attached hydrogens (primary N) is 1. The third-order valence-corrected chi connectivity index (χ3v) is 3.09. The summed E-state index contributed by atoms with van der Waals surface area (Å²) >= 11 is 0. The van der Waals surface area contributed by atoms with E-state index in [2.05, 4.69) is 14.9 Å². The second-order valence-electron chi connectivity index (χ2n) is 4.53. The molecule has 2 aromatic heterocycles. The highest BCUT2D eigenvalue weighted by atomic mass is 16.5. The lowest BCUT2D eigenvalue weighted by Crippen LogP contribution is -2.32. The van der Waals surface area contributed by atoms with Crippen LogP contribution in [0.4, 0.5) is 11.6 Å². The summed E-state index contributed by atoms with van der Waals surface area (Å²) in [5.74, 6) is 1.23. The third-order valence-electron chi connectivity index (χ3n) is 3.09. The Morgan fingerprint density at radius 3 is 2.48 bits per heavy atom. The number of aromatic nitrogens is 3. The van der Waals surface area contributed by atoms with E-state index in [1.807, 2.05) is 24.4 Å². The summed E-state index contributed by atoms with van der Waals surface area (Å²) in [5.41, 5.74) is 6.67. The predicted molar refractivity (Wildman–Crippen MR) is 82.6 cm³/mol. The maximum absolute atomic E-state index is 5.88. The minimum Gasteiger partial charge on any atom is -0.382 e. The van der Waals surface area contributed by atoms with Gasteiger partial charge in [-0.05, 0) is 13.8 Å². The van der Waals surface area contributed by atoms with Gasteiger partial charge in [0, 0.05) is 38.7 Å². The lowest BCUT2D eigenvalue weighted by Gasteiger charge is -2.24. The first-order valence-electron chi connectivity index (χ1n) is 7.25. The highest BCUT2D eigenvalue weighted by Crippen LogP contribution is 2.19. The fourth-order valence-electron chi connectivity index (χ4n) is 2.11. The van der Waals surface area contributed by atoms with Crippen molar-refractivity contribution in [1.82, 2.24) is 14.4 Å². The topological polar surface area (TPSA) is 77.9 Å². The van der Waals surface area contributed by atoms with Crippen LogP contribution in [0, 0.1) is 0 Å². The molecule has 116 valence electrons. The van der Waals surface area contributed by atoms with Crippen LogP contribution in [0.5, 0.6) is 0 Å². The van der Waals surface area contributed by atoms with E-state index in [9.17, 15) is 0 Å². The Morgan fingerprint density at radius 1 is 1.19 bits per heavy atom. The first kappa shape index (κ1) is 15.5. The number of fused-ring (bicyclic) bond motifs is 1. The number of nitrogens with zero attached hydrogens (tertiary/aromatic N) is 4. The lowest BCUT2D eigenvalue weighted by atomic mass is 10.4. The van der Waals surface area contributed by atoms with E-state index in [1.165, 1.54) is 0 Å². The predicted octanol–water partition coefficient (Wildman–Crippen LogP) is 1.19. The van der Waals surface area contributed by atoms with Crippen molar-refractivity contribution in [3.8, 4) is 0 Å². The standard InChI is InChI=1S/C14H23N5O2/c1-3-20-9-7-18(8-10-21-4-2)14-13-16-5-6-19(13)11-12(15)17-14/h5-6,11H,3-4,7-10,15H2,1-2H3. The van der Waals surface area contributed by atoms with Crippen molar-refractivity contribution in [3.05, 3.63) is 18.6 Å². The SMILES string of the molecule is CCOCCN(CCOCC)c1nc(N)cn2ccnc12. The molecule has 0 bridgehead atoms. The minimum atomic E-state index is 0.466. The molecule has 2 aromatic rings. The van der Waals surface area contributed by atoms with Crippen molar-refractivity contribution in [2.45, 2.75) is 13.8 Å². The van der Waals surface area contributed by atoms with Crippen molar-refractivity contribution in [3.63, 3.8) is 0 Å². The Bertz CT molecular complexity index is 547. The second kappa shape index (κ2) is 7.80. The molecule has 2 rings (SSSR count). The molecule has 21 heavy (non-hydrogen) atoms. The van der Waals surface area contributed by atoms with Gasteiger partial charge >= 0.3 is 0 Å². The van der Waals surface area contributed by atoms with E-state index < -0.39 is 0 Å². The first-order chi connectivity index (χ1) is 10.3. The smallest absolute Gasteiger partial charge is 0.180 e.